The van der Waals surface area contributed by atoms with Crippen LogP contribution >= 0.6 is 0 Å². The number of ketones is 1. The van der Waals surface area contributed by atoms with Crippen LogP contribution in [0.4, 0.5) is 0 Å². The van der Waals surface area contributed by atoms with Crippen molar-refractivity contribution in [3.8, 4) is 0 Å². The molecule has 1 aromatic carbocycles. The minimum atomic E-state index is 0.295. The van der Waals surface area contributed by atoms with E-state index in [0.29, 0.717) is 12.2 Å². The molecule has 0 fully saturated rings. The maximum atomic E-state index is 11.9. The van der Waals surface area contributed by atoms with Gasteiger partial charge in [-0.25, -0.2) is 0 Å². The van der Waals surface area contributed by atoms with Crippen molar-refractivity contribution >= 4 is 5.78 Å². The van der Waals surface area contributed by atoms with Crippen molar-refractivity contribution in [2.24, 2.45) is 0 Å². The molecule has 0 unspecified atom stereocenters. The van der Waals surface area contributed by atoms with E-state index in [1.807, 2.05) is 30.3 Å². The van der Waals surface area contributed by atoms with Crippen molar-refractivity contribution in [1.82, 2.24) is 0 Å². The van der Waals surface area contributed by atoms with E-state index in [0.717, 1.165) is 12.0 Å². The molecule has 0 N–H and O–H groups in total. The minimum Gasteiger partial charge on any atom is -0.294 e. The standard InChI is InChI=1S/C18H28O/c1-2-3-4-5-6-7-8-9-13-16-18(19)17-14-11-10-12-15-17/h10-12,14-15H,2-9,13,16H2,1H3. The first-order valence-electron chi connectivity index (χ1n) is 7.93. The van der Waals surface area contributed by atoms with Crippen LogP contribution in [-0.2, 0) is 0 Å². The number of carbonyl (C=O) groups is 1. The Bertz CT molecular complexity index is 329. The van der Waals surface area contributed by atoms with E-state index in [9.17, 15) is 4.79 Å². The number of Topliss-reactive ketones (excluding diaryl/α,β-unsaturated/α-hetero) is 1. The van der Waals surface area contributed by atoms with E-state index in [-0.39, 0.29) is 0 Å². The van der Waals surface area contributed by atoms with Crippen molar-refractivity contribution in [3.05, 3.63) is 35.9 Å². The van der Waals surface area contributed by atoms with Crippen LogP contribution in [0.25, 0.3) is 0 Å². The van der Waals surface area contributed by atoms with Gasteiger partial charge in [-0.1, -0.05) is 88.6 Å². The van der Waals surface area contributed by atoms with Crippen LogP contribution in [0.15, 0.2) is 30.3 Å². The normalized spacial score (nSPS) is 10.6. The Morgan fingerprint density at radius 2 is 1.32 bits per heavy atom. The second-order valence-corrected chi connectivity index (χ2v) is 5.37. The van der Waals surface area contributed by atoms with Gasteiger partial charge in [-0.05, 0) is 6.42 Å². The molecule has 0 aliphatic carbocycles. The number of rotatable bonds is 11. The van der Waals surface area contributed by atoms with Crippen LogP contribution in [-0.4, -0.2) is 5.78 Å². The molecule has 0 saturated carbocycles. The predicted octanol–water partition coefficient (Wildman–Crippen LogP) is 5.79. The highest BCUT2D eigenvalue weighted by molar-refractivity contribution is 5.95. The molecule has 1 heteroatoms. The molecule has 0 atom stereocenters. The smallest absolute Gasteiger partial charge is 0.162 e. The molecular weight excluding hydrogens is 232 g/mol. The van der Waals surface area contributed by atoms with Crippen molar-refractivity contribution in [2.75, 3.05) is 0 Å². The summed E-state index contributed by atoms with van der Waals surface area (Å²) in [5, 5.41) is 0. The summed E-state index contributed by atoms with van der Waals surface area (Å²) in [4.78, 5) is 11.9. The zero-order valence-electron chi connectivity index (χ0n) is 12.4. The fourth-order valence-corrected chi connectivity index (χ4v) is 2.36. The average molecular weight is 260 g/mol. The molecule has 0 amide bonds. The van der Waals surface area contributed by atoms with Gasteiger partial charge in [-0.15, -0.1) is 0 Å². The fourth-order valence-electron chi connectivity index (χ4n) is 2.36. The lowest BCUT2D eigenvalue weighted by molar-refractivity contribution is 0.0979. The second kappa shape index (κ2) is 10.8. The summed E-state index contributed by atoms with van der Waals surface area (Å²) in [7, 11) is 0. The number of benzene rings is 1. The molecule has 0 aliphatic heterocycles. The highest BCUT2D eigenvalue weighted by atomic mass is 16.1. The van der Waals surface area contributed by atoms with Gasteiger partial charge in [0.05, 0.1) is 0 Å². The van der Waals surface area contributed by atoms with Crippen LogP contribution in [0.2, 0.25) is 0 Å². The Labute approximate surface area is 118 Å². The summed E-state index contributed by atoms with van der Waals surface area (Å²) in [6, 6.07) is 9.65. The Kier molecular flexibility index (Phi) is 9.05. The highest BCUT2D eigenvalue weighted by Crippen LogP contribution is 2.12. The Morgan fingerprint density at radius 3 is 1.89 bits per heavy atom. The molecule has 0 bridgehead atoms. The van der Waals surface area contributed by atoms with E-state index in [1.165, 1.54) is 51.4 Å². The Morgan fingerprint density at radius 1 is 0.789 bits per heavy atom. The Balaban J connectivity index is 1.95. The number of hydrogen-bond acceptors (Lipinski definition) is 1. The van der Waals surface area contributed by atoms with Gasteiger partial charge in [0.15, 0.2) is 5.78 Å². The van der Waals surface area contributed by atoms with Crippen LogP contribution in [0.5, 0.6) is 0 Å². The number of hydrogen-bond donors (Lipinski definition) is 0. The van der Waals surface area contributed by atoms with Gasteiger partial charge in [0, 0.05) is 12.0 Å². The highest BCUT2D eigenvalue weighted by Gasteiger charge is 2.03. The summed E-state index contributed by atoms with van der Waals surface area (Å²) in [5.41, 5.74) is 0.863. The van der Waals surface area contributed by atoms with Gasteiger partial charge < -0.3 is 0 Å². The van der Waals surface area contributed by atoms with Crippen LogP contribution in [0.3, 0.4) is 0 Å². The lowest BCUT2D eigenvalue weighted by Gasteiger charge is -2.02. The topological polar surface area (TPSA) is 17.1 Å². The summed E-state index contributed by atoms with van der Waals surface area (Å²) in [6.07, 6.45) is 12.4. The van der Waals surface area contributed by atoms with E-state index in [2.05, 4.69) is 6.92 Å². The second-order valence-electron chi connectivity index (χ2n) is 5.37. The molecule has 19 heavy (non-hydrogen) atoms. The summed E-state index contributed by atoms with van der Waals surface area (Å²) < 4.78 is 0. The first kappa shape index (κ1) is 15.9. The first-order chi connectivity index (χ1) is 9.34. The van der Waals surface area contributed by atoms with Gasteiger partial charge in [0.1, 0.15) is 0 Å². The molecule has 0 spiro atoms. The fraction of sp³-hybridized carbons (Fsp3) is 0.611. The first-order valence-corrected chi connectivity index (χ1v) is 7.93. The number of unbranched alkanes of at least 4 members (excludes halogenated alkanes) is 8. The molecule has 0 aliphatic rings. The van der Waals surface area contributed by atoms with Gasteiger partial charge >= 0.3 is 0 Å². The molecule has 0 saturated heterocycles. The zero-order valence-corrected chi connectivity index (χ0v) is 12.4. The van der Waals surface area contributed by atoms with Gasteiger partial charge in [-0.3, -0.25) is 4.79 Å². The maximum Gasteiger partial charge on any atom is 0.162 e. The molecule has 106 valence electrons. The van der Waals surface area contributed by atoms with Crippen molar-refractivity contribution < 1.29 is 4.79 Å². The summed E-state index contributed by atoms with van der Waals surface area (Å²) >= 11 is 0. The van der Waals surface area contributed by atoms with E-state index in [4.69, 9.17) is 0 Å². The van der Waals surface area contributed by atoms with Crippen LogP contribution in [0.1, 0.15) is 81.5 Å². The minimum absolute atomic E-state index is 0.295. The van der Waals surface area contributed by atoms with Crippen LogP contribution in [0, 0.1) is 0 Å². The SMILES string of the molecule is CCCCCCCCCCCC(=O)c1ccccc1. The lowest BCUT2D eigenvalue weighted by Crippen LogP contribution is -1.98. The predicted molar refractivity (Wildman–Crippen MR) is 82.6 cm³/mol. The number of carbonyl (C=O) groups excluding carboxylic acids is 1. The summed E-state index contributed by atoms with van der Waals surface area (Å²) in [5.74, 6) is 0.295. The Hall–Kier alpha value is -1.11. The average Bonchev–Trinajstić information content (AvgIpc) is 2.46. The monoisotopic (exact) mass is 260 g/mol. The van der Waals surface area contributed by atoms with Crippen molar-refractivity contribution in [2.45, 2.75) is 71.1 Å². The molecule has 0 heterocycles. The van der Waals surface area contributed by atoms with Gasteiger partial charge in [0.2, 0.25) is 0 Å². The summed E-state index contributed by atoms with van der Waals surface area (Å²) in [6.45, 7) is 2.25. The van der Waals surface area contributed by atoms with Crippen molar-refractivity contribution in [1.29, 1.82) is 0 Å². The third-order valence-electron chi connectivity index (χ3n) is 3.60. The molecule has 0 radical (unpaired) electrons. The zero-order chi connectivity index (χ0) is 13.8. The quantitative estimate of drug-likeness (QED) is 0.363. The van der Waals surface area contributed by atoms with Crippen LogP contribution < -0.4 is 0 Å². The molecule has 1 aromatic rings. The third kappa shape index (κ3) is 7.81. The van der Waals surface area contributed by atoms with E-state index >= 15 is 0 Å². The largest absolute Gasteiger partial charge is 0.294 e. The molecular formula is C18H28O. The molecule has 0 aromatic heterocycles. The maximum absolute atomic E-state index is 11.9. The molecule has 1 rings (SSSR count). The van der Waals surface area contributed by atoms with Gasteiger partial charge in [0.25, 0.3) is 0 Å². The lowest BCUT2D eigenvalue weighted by atomic mass is 10.0. The van der Waals surface area contributed by atoms with E-state index in [1.54, 1.807) is 0 Å². The third-order valence-corrected chi connectivity index (χ3v) is 3.60. The van der Waals surface area contributed by atoms with Crippen molar-refractivity contribution in [3.63, 3.8) is 0 Å². The molecule has 1 nitrogen and oxygen atoms in total. The van der Waals surface area contributed by atoms with Gasteiger partial charge in [-0.2, -0.15) is 0 Å². The van der Waals surface area contributed by atoms with E-state index < -0.39 is 0 Å².